The number of hydrogen-bond acceptors (Lipinski definition) is 7. The molecule has 2 N–H and O–H groups in total. The lowest BCUT2D eigenvalue weighted by Crippen LogP contribution is -2.32. The SMILES string of the molecule is CCNc1nnc(SCC(=O)NC(c2ccc(OC)cc2)C(C)C)s1. The number of aromatic nitrogens is 2. The molecule has 0 saturated carbocycles. The van der Waals surface area contributed by atoms with Crippen LogP contribution in [0, 0.1) is 5.92 Å². The Bertz CT molecular complexity index is 674. The van der Waals surface area contributed by atoms with Crippen molar-refractivity contribution in [1.29, 1.82) is 0 Å². The van der Waals surface area contributed by atoms with E-state index >= 15 is 0 Å². The Morgan fingerprint density at radius 2 is 2.00 bits per heavy atom. The highest BCUT2D eigenvalue weighted by Crippen LogP contribution is 2.27. The fraction of sp³-hybridized carbons (Fsp3) is 0.471. The number of thioether (sulfide) groups is 1. The predicted octanol–water partition coefficient (Wildman–Crippen LogP) is 3.58. The maximum atomic E-state index is 12.3. The smallest absolute Gasteiger partial charge is 0.230 e. The van der Waals surface area contributed by atoms with Gasteiger partial charge >= 0.3 is 0 Å². The molecule has 136 valence electrons. The van der Waals surface area contributed by atoms with Crippen LogP contribution in [0.4, 0.5) is 5.13 Å². The summed E-state index contributed by atoms with van der Waals surface area (Å²) in [5.41, 5.74) is 1.07. The average molecular weight is 381 g/mol. The number of carbonyl (C=O) groups excluding carboxylic acids is 1. The van der Waals surface area contributed by atoms with E-state index in [0.717, 1.165) is 27.3 Å². The number of nitrogens with zero attached hydrogens (tertiary/aromatic N) is 2. The molecule has 1 aromatic carbocycles. The molecule has 0 aliphatic rings. The molecule has 1 atom stereocenters. The van der Waals surface area contributed by atoms with E-state index in [2.05, 4.69) is 34.7 Å². The van der Waals surface area contributed by atoms with Gasteiger partial charge in [0.25, 0.3) is 0 Å². The third kappa shape index (κ3) is 5.89. The van der Waals surface area contributed by atoms with Crippen molar-refractivity contribution in [1.82, 2.24) is 15.5 Å². The minimum atomic E-state index is -0.0363. The molecule has 2 aromatic rings. The van der Waals surface area contributed by atoms with E-state index in [1.165, 1.54) is 23.1 Å². The van der Waals surface area contributed by atoms with E-state index in [0.29, 0.717) is 5.75 Å². The van der Waals surface area contributed by atoms with Crippen LogP contribution in [0.1, 0.15) is 32.4 Å². The fourth-order valence-electron chi connectivity index (χ4n) is 2.28. The highest BCUT2D eigenvalue weighted by molar-refractivity contribution is 8.01. The Labute approximate surface area is 156 Å². The van der Waals surface area contributed by atoms with Crippen LogP contribution >= 0.6 is 23.1 Å². The summed E-state index contributed by atoms with van der Waals surface area (Å²) in [5, 5.41) is 15.1. The molecule has 1 aromatic heterocycles. The van der Waals surface area contributed by atoms with Crippen molar-refractivity contribution in [3.8, 4) is 5.75 Å². The second-order valence-corrected chi connectivity index (χ2v) is 7.95. The van der Waals surface area contributed by atoms with E-state index in [4.69, 9.17) is 4.74 Å². The molecule has 2 rings (SSSR count). The van der Waals surface area contributed by atoms with E-state index in [1.54, 1.807) is 7.11 Å². The van der Waals surface area contributed by atoms with Gasteiger partial charge in [-0.25, -0.2) is 0 Å². The van der Waals surface area contributed by atoms with Crippen LogP contribution in [0.3, 0.4) is 0 Å². The van der Waals surface area contributed by atoms with E-state index in [-0.39, 0.29) is 17.9 Å². The molecular weight excluding hydrogens is 356 g/mol. The first-order valence-electron chi connectivity index (χ1n) is 8.17. The number of hydrogen-bond donors (Lipinski definition) is 2. The van der Waals surface area contributed by atoms with Crippen molar-refractivity contribution in [2.45, 2.75) is 31.2 Å². The predicted molar refractivity (Wildman–Crippen MR) is 104 cm³/mol. The van der Waals surface area contributed by atoms with Gasteiger partial charge in [0.2, 0.25) is 11.0 Å². The minimum Gasteiger partial charge on any atom is -0.497 e. The second-order valence-electron chi connectivity index (χ2n) is 5.75. The molecule has 0 radical (unpaired) electrons. The molecule has 6 nitrogen and oxygen atoms in total. The van der Waals surface area contributed by atoms with Gasteiger partial charge in [-0.15, -0.1) is 10.2 Å². The van der Waals surface area contributed by atoms with E-state index in [1.807, 2.05) is 31.2 Å². The third-order valence-corrected chi connectivity index (χ3v) is 5.53. The van der Waals surface area contributed by atoms with Crippen molar-refractivity contribution in [2.24, 2.45) is 5.92 Å². The monoisotopic (exact) mass is 380 g/mol. The molecule has 1 unspecified atom stereocenters. The maximum Gasteiger partial charge on any atom is 0.230 e. The first-order chi connectivity index (χ1) is 12.0. The largest absolute Gasteiger partial charge is 0.497 e. The van der Waals surface area contributed by atoms with E-state index < -0.39 is 0 Å². The molecule has 0 aliphatic carbocycles. The van der Waals surface area contributed by atoms with Crippen LogP contribution in [-0.2, 0) is 4.79 Å². The van der Waals surface area contributed by atoms with Crippen LogP contribution in [0.15, 0.2) is 28.6 Å². The summed E-state index contributed by atoms with van der Waals surface area (Å²) in [4.78, 5) is 12.3. The Kier molecular flexibility index (Phi) is 7.52. The molecular formula is C17H24N4O2S2. The van der Waals surface area contributed by atoms with Crippen molar-refractivity contribution in [3.05, 3.63) is 29.8 Å². The van der Waals surface area contributed by atoms with Crippen LogP contribution in [0.5, 0.6) is 5.75 Å². The topological polar surface area (TPSA) is 76.1 Å². The summed E-state index contributed by atoms with van der Waals surface area (Å²) in [6, 6.07) is 7.77. The Hall–Kier alpha value is -1.80. The van der Waals surface area contributed by atoms with Crippen LogP contribution in [-0.4, -0.2) is 35.5 Å². The Balaban J connectivity index is 1.92. The zero-order chi connectivity index (χ0) is 18.2. The van der Waals surface area contributed by atoms with Gasteiger partial charge in [-0.3, -0.25) is 4.79 Å². The first kappa shape index (κ1) is 19.5. The maximum absolute atomic E-state index is 12.3. The number of rotatable bonds is 9. The summed E-state index contributed by atoms with van der Waals surface area (Å²) in [5.74, 6) is 1.39. The quantitative estimate of drug-likeness (QED) is 0.648. The number of methoxy groups -OCH3 is 1. The second kappa shape index (κ2) is 9.62. The zero-order valence-electron chi connectivity index (χ0n) is 14.9. The van der Waals surface area contributed by atoms with Crippen molar-refractivity contribution >= 4 is 34.1 Å². The lowest BCUT2D eigenvalue weighted by atomic mass is 9.96. The number of amides is 1. The molecule has 8 heteroatoms. The van der Waals surface area contributed by atoms with Gasteiger partial charge in [-0.1, -0.05) is 49.1 Å². The first-order valence-corrected chi connectivity index (χ1v) is 9.97. The summed E-state index contributed by atoms with van der Waals surface area (Å²) >= 11 is 2.86. The summed E-state index contributed by atoms with van der Waals surface area (Å²) in [6.07, 6.45) is 0. The Morgan fingerprint density at radius 1 is 1.28 bits per heavy atom. The highest BCUT2D eigenvalue weighted by Gasteiger charge is 2.19. The fourth-order valence-corrected chi connectivity index (χ4v) is 3.91. The number of ether oxygens (including phenoxy) is 1. The minimum absolute atomic E-state index is 0.0141. The lowest BCUT2D eigenvalue weighted by molar-refractivity contribution is -0.119. The van der Waals surface area contributed by atoms with Crippen molar-refractivity contribution in [2.75, 3.05) is 24.7 Å². The highest BCUT2D eigenvalue weighted by atomic mass is 32.2. The standard InChI is InChI=1S/C17H24N4O2S2/c1-5-18-16-20-21-17(25-16)24-10-14(22)19-15(11(2)3)12-6-8-13(23-4)9-7-12/h6-9,11,15H,5,10H2,1-4H3,(H,18,20)(H,19,22). The van der Waals surface area contributed by atoms with E-state index in [9.17, 15) is 4.79 Å². The molecule has 0 spiro atoms. The van der Waals surface area contributed by atoms with Crippen LogP contribution < -0.4 is 15.4 Å². The van der Waals surface area contributed by atoms with Gasteiger partial charge in [0.05, 0.1) is 18.9 Å². The van der Waals surface area contributed by atoms with Gasteiger partial charge in [0, 0.05) is 6.54 Å². The van der Waals surface area contributed by atoms with Gasteiger partial charge < -0.3 is 15.4 Å². The molecule has 0 fully saturated rings. The normalized spacial score (nSPS) is 12.0. The number of nitrogens with one attached hydrogen (secondary N) is 2. The lowest BCUT2D eigenvalue weighted by Gasteiger charge is -2.23. The van der Waals surface area contributed by atoms with Gasteiger partial charge in [0.1, 0.15) is 5.75 Å². The molecule has 0 aliphatic heterocycles. The molecule has 0 saturated heterocycles. The van der Waals surface area contributed by atoms with Crippen molar-refractivity contribution in [3.63, 3.8) is 0 Å². The number of carbonyl (C=O) groups is 1. The molecule has 0 bridgehead atoms. The van der Waals surface area contributed by atoms with Crippen LogP contribution in [0.2, 0.25) is 0 Å². The van der Waals surface area contributed by atoms with Crippen LogP contribution in [0.25, 0.3) is 0 Å². The van der Waals surface area contributed by atoms with Crippen molar-refractivity contribution < 1.29 is 9.53 Å². The third-order valence-electron chi connectivity index (χ3n) is 3.52. The summed E-state index contributed by atoms with van der Waals surface area (Å²) in [6.45, 7) is 7.00. The Morgan fingerprint density at radius 3 is 2.60 bits per heavy atom. The number of anilines is 1. The molecule has 25 heavy (non-hydrogen) atoms. The summed E-state index contributed by atoms with van der Waals surface area (Å²) in [7, 11) is 1.64. The number of benzene rings is 1. The van der Waals surface area contributed by atoms with Gasteiger partial charge in [0.15, 0.2) is 4.34 Å². The molecule has 1 amide bonds. The van der Waals surface area contributed by atoms with Gasteiger partial charge in [-0.2, -0.15) is 0 Å². The average Bonchev–Trinajstić information content (AvgIpc) is 3.06. The summed E-state index contributed by atoms with van der Waals surface area (Å²) < 4.78 is 5.98. The zero-order valence-corrected chi connectivity index (χ0v) is 16.5. The molecule has 1 heterocycles. The van der Waals surface area contributed by atoms with Gasteiger partial charge in [-0.05, 0) is 30.5 Å².